The molecule has 9 heteroatoms. The number of benzene rings is 2. The quantitative estimate of drug-likeness (QED) is 0.243. The smallest absolute Gasteiger partial charge is 0.258 e. The standard InChI is InChI=1S/C28H38N4O5/c1-5-8-29-14-20-10-19(6-2)11-23(12-20)28-31-27(32-37-28)22-9-18(4)26(21(7-3)13-22)36-17-24(34)15-30-25(35)16-33/h9-13,24,29,33-34H,5-8,14-17H2,1-4H3,(H,30,35). The lowest BCUT2D eigenvalue weighted by Gasteiger charge is -2.17. The van der Waals surface area contributed by atoms with Crippen LogP contribution in [0.1, 0.15) is 49.4 Å². The molecule has 0 aliphatic heterocycles. The van der Waals surface area contributed by atoms with Crippen LogP contribution >= 0.6 is 0 Å². The molecule has 1 heterocycles. The number of aliphatic hydroxyl groups is 2. The summed E-state index contributed by atoms with van der Waals surface area (Å²) in [4.78, 5) is 15.9. The lowest BCUT2D eigenvalue weighted by atomic mass is 10.0. The van der Waals surface area contributed by atoms with E-state index in [9.17, 15) is 9.90 Å². The fourth-order valence-corrected chi connectivity index (χ4v) is 4.03. The van der Waals surface area contributed by atoms with Crippen molar-refractivity contribution in [2.24, 2.45) is 0 Å². The minimum atomic E-state index is -0.903. The third kappa shape index (κ3) is 7.85. The first-order valence-electron chi connectivity index (χ1n) is 12.9. The number of carbonyl (C=O) groups excluding carboxylic acids is 1. The molecule has 0 fully saturated rings. The van der Waals surface area contributed by atoms with Gasteiger partial charge >= 0.3 is 0 Å². The van der Waals surface area contributed by atoms with Crippen LogP contribution in [-0.4, -0.2) is 58.7 Å². The molecule has 4 N–H and O–H groups in total. The molecular formula is C28H38N4O5. The van der Waals surface area contributed by atoms with E-state index < -0.39 is 18.6 Å². The van der Waals surface area contributed by atoms with Crippen LogP contribution in [0.15, 0.2) is 34.9 Å². The van der Waals surface area contributed by atoms with Gasteiger partial charge in [-0.3, -0.25) is 4.79 Å². The van der Waals surface area contributed by atoms with E-state index in [0.717, 1.165) is 48.2 Å². The first-order valence-corrected chi connectivity index (χ1v) is 12.9. The van der Waals surface area contributed by atoms with Gasteiger partial charge in [0.25, 0.3) is 5.89 Å². The first kappa shape index (κ1) is 28.3. The van der Waals surface area contributed by atoms with E-state index in [-0.39, 0.29) is 13.2 Å². The SMILES string of the molecule is CCCNCc1cc(CC)cc(-c2nc(-c3cc(C)c(OCC(O)CNC(=O)CO)c(CC)c3)no2)c1. The Labute approximate surface area is 218 Å². The maximum absolute atomic E-state index is 11.2. The Kier molecular flexibility index (Phi) is 10.6. The Hall–Kier alpha value is -3.27. The normalized spacial score (nSPS) is 11.9. The first-order chi connectivity index (χ1) is 17.9. The van der Waals surface area contributed by atoms with Gasteiger partial charge in [0.1, 0.15) is 25.1 Å². The lowest BCUT2D eigenvalue weighted by molar-refractivity contribution is -0.124. The summed E-state index contributed by atoms with van der Waals surface area (Å²) in [6, 6.07) is 10.3. The highest BCUT2D eigenvalue weighted by atomic mass is 16.5. The van der Waals surface area contributed by atoms with Gasteiger partial charge in [-0.25, -0.2) is 0 Å². The second-order valence-corrected chi connectivity index (χ2v) is 9.05. The van der Waals surface area contributed by atoms with Crippen LogP contribution in [0.5, 0.6) is 5.75 Å². The van der Waals surface area contributed by atoms with Crippen LogP contribution in [0.4, 0.5) is 0 Å². The van der Waals surface area contributed by atoms with Gasteiger partial charge in [0, 0.05) is 24.2 Å². The number of nitrogens with zero attached hydrogens (tertiary/aromatic N) is 2. The monoisotopic (exact) mass is 510 g/mol. The molecule has 2 aromatic carbocycles. The number of carbonyl (C=O) groups is 1. The number of hydrogen-bond donors (Lipinski definition) is 4. The Morgan fingerprint density at radius 1 is 1.08 bits per heavy atom. The van der Waals surface area contributed by atoms with Gasteiger partial charge in [-0.15, -0.1) is 0 Å². The molecule has 1 unspecified atom stereocenters. The summed E-state index contributed by atoms with van der Waals surface area (Å²) in [7, 11) is 0. The molecule has 0 radical (unpaired) electrons. The predicted molar refractivity (Wildman–Crippen MR) is 142 cm³/mol. The topological polar surface area (TPSA) is 130 Å². The van der Waals surface area contributed by atoms with E-state index in [1.165, 1.54) is 11.1 Å². The summed E-state index contributed by atoms with van der Waals surface area (Å²) in [5.74, 6) is 1.12. The number of nitrogens with one attached hydrogen (secondary N) is 2. The zero-order chi connectivity index (χ0) is 26.8. The predicted octanol–water partition coefficient (Wildman–Crippen LogP) is 3.18. The van der Waals surface area contributed by atoms with Crippen LogP contribution in [0.3, 0.4) is 0 Å². The van der Waals surface area contributed by atoms with Crippen LogP contribution in [-0.2, 0) is 24.2 Å². The average molecular weight is 511 g/mol. The summed E-state index contributed by atoms with van der Waals surface area (Å²) in [5.41, 5.74) is 5.96. The average Bonchev–Trinajstić information content (AvgIpc) is 3.41. The molecule has 0 aliphatic rings. The molecule has 9 nitrogen and oxygen atoms in total. The fraction of sp³-hybridized carbons (Fsp3) is 0.464. The Morgan fingerprint density at radius 3 is 2.57 bits per heavy atom. The number of hydrogen-bond acceptors (Lipinski definition) is 8. The van der Waals surface area contributed by atoms with E-state index in [0.29, 0.717) is 23.9 Å². The van der Waals surface area contributed by atoms with Crippen LogP contribution < -0.4 is 15.4 Å². The molecule has 0 saturated carbocycles. The van der Waals surface area contributed by atoms with Gasteiger partial charge < -0.3 is 30.1 Å². The molecule has 0 bridgehead atoms. The summed E-state index contributed by atoms with van der Waals surface area (Å²) >= 11 is 0. The Balaban J connectivity index is 1.78. The zero-order valence-corrected chi connectivity index (χ0v) is 22.1. The summed E-state index contributed by atoms with van der Waals surface area (Å²) in [6.45, 7) is 9.38. The van der Waals surface area contributed by atoms with Gasteiger partial charge in [0.05, 0.1) is 0 Å². The van der Waals surface area contributed by atoms with Crippen LogP contribution in [0.2, 0.25) is 0 Å². The molecule has 3 aromatic rings. The van der Waals surface area contributed by atoms with Crippen LogP contribution in [0, 0.1) is 6.92 Å². The van der Waals surface area contributed by atoms with E-state index >= 15 is 0 Å². The van der Waals surface area contributed by atoms with Crippen LogP contribution in [0.25, 0.3) is 22.8 Å². The molecule has 37 heavy (non-hydrogen) atoms. The third-order valence-corrected chi connectivity index (χ3v) is 5.98. The van der Waals surface area contributed by atoms with Crippen molar-refractivity contribution in [2.45, 2.75) is 59.6 Å². The van der Waals surface area contributed by atoms with Crippen molar-refractivity contribution in [3.05, 3.63) is 52.6 Å². The minimum Gasteiger partial charge on any atom is -0.490 e. The maximum atomic E-state index is 11.2. The molecule has 1 amide bonds. The summed E-state index contributed by atoms with van der Waals surface area (Å²) in [5, 5.41) is 29.0. The van der Waals surface area contributed by atoms with Gasteiger partial charge in [0.2, 0.25) is 11.7 Å². The highest BCUT2D eigenvalue weighted by Gasteiger charge is 2.17. The molecule has 3 rings (SSSR count). The highest BCUT2D eigenvalue weighted by Crippen LogP contribution is 2.31. The number of rotatable bonds is 14. The van der Waals surface area contributed by atoms with E-state index in [2.05, 4.69) is 47.8 Å². The molecule has 0 saturated heterocycles. The van der Waals surface area contributed by atoms with Crippen molar-refractivity contribution >= 4 is 5.91 Å². The zero-order valence-electron chi connectivity index (χ0n) is 22.1. The van der Waals surface area contributed by atoms with Crippen molar-refractivity contribution in [1.29, 1.82) is 0 Å². The molecular weight excluding hydrogens is 472 g/mol. The number of aromatic nitrogens is 2. The van der Waals surface area contributed by atoms with Crippen molar-refractivity contribution in [1.82, 2.24) is 20.8 Å². The van der Waals surface area contributed by atoms with E-state index in [1.54, 1.807) is 0 Å². The number of aryl methyl sites for hydroxylation is 3. The molecule has 1 aromatic heterocycles. The summed E-state index contributed by atoms with van der Waals surface area (Å²) < 4.78 is 11.6. The maximum Gasteiger partial charge on any atom is 0.258 e. The minimum absolute atomic E-state index is 0.000763. The van der Waals surface area contributed by atoms with Crippen molar-refractivity contribution in [3.63, 3.8) is 0 Å². The second-order valence-electron chi connectivity index (χ2n) is 9.05. The van der Waals surface area contributed by atoms with Gasteiger partial charge in [-0.05, 0) is 79.3 Å². The number of aliphatic hydroxyl groups excluding tert-OH is 2. The summed E-state index contributed by atoms with van der Waals surface area (Å²) in [6.07, 6.45) is 1.80. The number of ether oxygens (including phenoxy) is 1. The van der Waals surface area contributed by atoms with Gasteiger partial charge in [-0.2, -0.15) is 4.98 Å². The molecule has 0 aliphatic carbocycles. The van der Waals surface area contributed by atoms with Gasteiger partial charge in [-0.1, -0.05) is 32.0 Å². The largest absolute Gasteiger partial charge is 0.490 e. The van der Waals surface area contributed by atoms with Crippen molar-refractivity contribution in [3.8, 4) is 28.6 Å². The van der Waals surface area contributed by atoms with E-state index in [1.807, 2.05) is 26.0 Å². The fourth-order valence-electron chi connectivity index (χ4n) is 4.03. The van der Waals surface area contributed by atoms with Crippen molar-refractivity contribution in [2.75, 3.05) is 26.3 Å². The molecule has 200 valence electrons. The lowest BCUT2D eigenvalue weighted by Crippen LogP contribution is -2.36. The number of amides is 1. The highest BCUT2D eigenvalue weighted by molar-refractivity contribution is 5.76. The second kappa shape index (κ2) is 13.9. The Bertz CT molecular complexity index is 1180. The van der Waals surface area contributed by atoms with E-state index in [4.69, 9.17) is 19.4 Å². The Morgan fingerprint density at radius 2 is 1.86 bits per heavy atom. The van der Waals surface area contributed by atoms with Gasteiger partial charge in [0.15, 0.2) is 0 Å². The molecule has 0 spiro atoms. The molecule has 1 atom stereocenters. The van der Waals surface area contributed by atoms with Crippen molar-refractivity contribution < 1.29 is 24.3 Å². The third-order valence-electron chi connectivity index (χ3n) is 5.98.